The lowest BCUT2D eigenvalue weighted by atomic mass is 10.2. The second-order valence-corrected chi connectivity index (χ2v) is 6.17. The molecule has 0 unspecified atom stereocenters. The number of hydrogen-bond acceptors (Lipinski definition) is 4. The highest BCUT2D eigenvalue weighted by Crippen LogP contribution is 2.28. The van der Waals surface area contributed by atoms with E-state index in [1.807, 2.05) is 30.3 Å². The average molecular weight is 443 g/mol. The molecular formula is C14H8BrIN2O2. The van der Waals surface area contributed by atoms with Crippen LogP contribution in [0.2, 0.25) is 0 Å². The van der Waals surface area contributed by atoms with E-state index < -0.39 is 0 Å². The Labute approximate surface area is 137 Å². The Balaban J connectivity index is 1.97. The Hall–Kier alpha value is -1.41. The highest BCUT2D eigenvalue weighted by molar-refractivity contribution is 14.1. The van der Waals surface area contributed by atoms with Crippen LogP contribution in [0.3, 0.4) is 0 Å². The maximum atomic E-state index is 9.71. The van der Waals surface area contributed by atoms with Crippen LogP contribution in [-0.2, 0) is 0 Å². The van der Waals surface area contributed by atoms with Crippen molar-refractivity contribution >= 4 is 38.5 Å². The number of phenols is 1. The number of benzene rings is 2. The summed E-state index contributed by atoms with van der Waals surface area (Å²) in [6.07, 6.45) is 0. The maximum absolute atomic E-state index is 9.71. The van der Waals surface area contributed by atoms with E-state index in [1.165, 1.54) is 0 Å². The SMILES string of the molecule is Oc1cc(-c2nc(-c3ccc(Br)cc3)no2)ccc1I. The third kappa shape index (κ3) is 2.71. The fourth-order valence-electron chi connectivity index (χ4n) is 1.70. The third-order valence-corrected chi connectivity index (χ3v) is 4.16. The smallest absolute Gasteiger partial charge is 0.258 e. The molecule has 0 saturated carbocycles. The molecule has 0 saturated heterocycles. The van der Waals surface area contributed by atoms with Crippen LogP contribution in [-0.4, -0.2) is 15.2 Å². The van der Waals surface area contributed by atoms with Gasteiger partial charge in [0.2, 0.25) is 5.82 Å². The Bertz CT molecular complexity index is 756. The molecule has 20 heavy (non-hydrogen) atoms. The fraction of sp³-hybridized carbons (Fsp3) is 0. The Kier molecular flexibility index (Phi) is 3.75. The van der Waals surface area contributed by atoms with Crippen molar-refractivity contribution in [2.45, 2.75) is 0 Å². The number of aromatic nitrogens is 2. The van der Waals surface area contributed by atoms with Gasteiger partial charge in [0.15, 0.2) is 0 Å². The van der Waals surface area contributed by atoms with Crippen LogP contribution in [0.5, 0.6) is 5.75 Å². The molecule has 6 heteroatoms. The molecule has 3 rings (SSSR count). The Morgan fingerprint density at radius 2 is 1.75 bits per heavy atom. The van der Waals surface area contributed by atoms with E-state index in [2.05, 4.69) is 48.7 Å². The zero-order valence-electron chi connectivity index (χ0n) is 10.0. The first-order valence-corrected chi connectivity index (χ1v) is 7.59. The molecule has 100 valence electrons. The molecule has 2 aromatic carbocycles. The quantitative estimate of drug-likeness (QED) is 0.594. The highest BCUT2D eigenvalue weighted by Gasteiger charge is 2.11. The van der Waals surface area contributed by atoms with E-state index in [-0.39, 0.29) is 5.75 Å². The first kappa shape index (κ1) is 13.6. The van der Waals surface area contributed by atoms with Gasteiger partial charge in [-0.05, 0) is 65.1 Å². The summed E-state index contributed by atoms with van der Waals surface area (Å²) in [4.78, 5) is 4.34. The lowest BCUT2D eigenvalue weighted by Crippen LogP contribution is -1.82. The van der Waals surface area contributed by atoms with Crippen LogP contribution in [0.25, 0.3) is 22.8 Å². The molecule has 0 radical (unpaired) electrons. The van der Waals surface area contributed by atoms with Gasteiger partial charge in [-0.1, -0.05) is 21.1 Å². The summed E-state index contributed by atoms with van der Waals surface area (Å²) in [6.45, 7) is 0. The largest absolute Gasteiger partial charge is 0.507 e. The number of rotatable bonds is 2. The molecule has 0 atom stereocenters. The Morgan fingerprint density at radius 3 is 2.45 bits per heavy atom. The highest BCUT2D eigenvalue weighted by atomic mass is 127. The predicted octanol–water partition coefficient (Wildman–Crippen LogP) is 4.48. The molecule has 0 aliphatic heterocycles. The summed E-state index contributed by atoms with van der Waals surface area (Å²) < 4.78 is 7.01. The van der Waals surface area contributed by atoms with Crippen molar-refractivity contribution in [2.24, 2.45) is 0 Å². The number of hydrogen-bond donors (Lipinski definition) is 1. The molecule has 1 N–H and O–H groups in total. The standard InChI is InChI=1S/C14H8BrIN2O2/c15-10-4-1-8(2-5-10)13-17-14(20-18-13)9-3-6-11(16)12(19)7-9/h1-7,19H. The average Bonchev–Trinajstić information content (AvgIpc) is 2.92. The van der Waals surface area contributed by atoms with Crippen LogP contribution in [0.1, 0.15) is 0 Å². The van der Waals surface area contributed by atoms with Crippen molar-refractivity contribution in [3.8, 4) is 28.6 Å². The predicted molar refractivity (Wildman–Crippen MR) is 87.3 cm³/mol. The first-order chi connectivity index (χ1) is 9.63. The topological polar surface area (TPSA) is 59.2 Å². The fourth-order valence-corrected chi connectivity index (χ4v) is 2.30. The molecule has 1 heterocycles. The normalized spacial score (nSPS) is 10.7. The van der Waals surface area contributed by atoms with E-state index in [0.717, 1.165) is 13.6 Å². The molecule has 0 amide bonds. The van der Waals surface area contributed by atoms with Crippen molar-refractivity contribution in [1.29, 1.82) is 0 Å². The van der Waals surface area contributed by atoms with Gasteiger partial charge in [0.1, 0.15) is 5.75 Å². The van der Waals surface area contributed by atoms with Gasteiger partial charge in [0.25, 0.3) is 5.89 Å². The number of phenolic OH excluding ortho intramolecular Hbond substituents is 1. The summed E-state index contributed by atoms with van der Waals surface area (Å²) in [6, 6.07) is 12.9. The molecule has 0 aliphatic carbocycles. The van der Waals surface area contributed by atoms with Gasteiger partial charge in [-0.2, -0.15) is 4.98 Å². The second-order valence-electron chi connectivity index (χ2n) is 4.10. The van der Waals surface area contributed by atoms with Gasteiger partial charge in [0.05, 0.1) is 3.57 Å². The van der Waals surface area contributed by atoms with Crippen LogP contribution < -0.4 is 0 Å². The summed E-state index contributed by atoms with van der Waals surface area (Å²) in [5.74, 6) is 1.10. The van der Waals surface area contributed by atoms with E-state index >= 15 is 0 Å². The summed E-state index contributed by atoms with van der Waals surface area (Å²) >= 11 is 5.44. The van der Waals surface area contributed by atoms with E-state index in [4.69, 9.17) is 4.52 Å². The molecule has 0 fully saturated rings. The van der Waals surface area contributed by atoms with Gasteiger partial charge >= 0.3 is 0 Å². The lowest BCUT2D eigenvalue weighted by Gasteiger charge is -1.98. The summed E-state index contributed by atoms with van der Waals surface area (Å²) in [5, 5.41) is 13.7. The summed E-state index contributed by atoms with van der Waals surface area (Å²) in [7, 11) is 0. The minimum atomic E-state index is 0.200. The minimum Gasteiger partial charge on any atom is -0.507 e. The maximum Gasteiger partial charge on any atom is 0.258 e. The second kappa shape index (κ2) is 5.53. The Morgan fingerprint density at radius 1 is 1.05 bits per heavy atom. The monoisotopic (exact) mass is 442 g/mol. The molecule has 0 aliphatic rings. The lowest BCUT2D eigenvalue weighted by molar-refractivity contribution is 0.431. The van der Waals surface area contributed by atoms with Gasteiger partial charge in [-0.15, -0.1) is 0 Å². The van der Waals surface area contributed by atoms with Crippen molar-refractivity contribution < 1.29 is 9.63 Å². The molecule has 4 nitrogen and oxygen atoms in total. The molecule has 1 aromatic heterocycles. The van der Waals surface area contributed by atoms with Crippen molar-refractivity contribution in [3.05, 3.63) is 50.5 Å². The number of aromatic hydroxyl groups is 1. The summed E-state index contributed by atoms with van der Waals surface area (Å²) in [5.41, 5.74) is 1.57. The third-order valence-electron chi connectivity index (χ3n) is 2.72. The number of nitrogens with zero attached hydrogens (tertiary/aromatic N) is 2. The number of halogens is 2. The van der Waals surface area contributed by atoms with Gasteiger partial charge in [-0.25, -0.2) is 0 Å². The van der Waals surface area contributed by atoms with E-state index in [1.54, 1.807) is 12.1 Å². The molecule has 0 bridgehead atoms. The minimum absolute atomic E-state index is 0.200. The zero-order chi connectivity index (χ0) is 14.1. The van der Waals surface area contributed by atoms with Gasteiger partial charge in [-0.3, -0.25) is 0 Å². The molecule has 0 spiro atoms. The van der Waals surface area contributed by atoms with E-state index in [0.29, 0.717) is 17.3 Å². The van der Waals surface area contributed by atoms with Crippen molar-refractivity contribution in [3.63, 3.8) is 0 Å². The van der Waals surface area contributed by atoms with Gasteiger partial charge < -0.3 is 9.63 Å². The first-order valence-electron chi connectivity index (χ1n) is 5.72. The van der Waals surface area contributed by atoms with Crippen LogP contribution in [0.15, 0.2) is 51.5 Å². The zero-order valence-corrected chi connectivity index (χ0v) is 13.8. The van der Waals surface area contributed by atoms with Crippen LogP contribution in [0, 0.1) is 3.57 Å². The van der Waals surface area contributed by atoms with Crippen molar-refractivity contribution in [2.75, 3.05) is 0 Å². The van der Waals surface area contributed by atoms with Crippen LogP contribution in [0.4, 0.5) is 0 Å². The molecule has 3 aromatic rings. The van der Waals surface area contributed by atoms with Crippen molar-refractivity contribution in [1.82, 2.24) is 10.1 Å². The van der Waals surface area contributed by atoms with E-state index in [9.17, 15) is 5.11 Å². The van der Waals surface area contributed by atoms with Gasteiger partial charge in [0, 0.05) is 15.6 Å². The molecular weight excluding hydrogens is 435 g/mol. The van der Waals surface area contributed by atoms with Crippen LogP contribution >= 0.6 is 38.5 Å².